The van der Waals surface area contributed by atoms with Crippen LogP contribution in [0.4, 0.5) is 0 Å². The molecule has 13 heavy (non-hydrogen) atoms. The van der Waals surface area contributed by atoms with Crippen molar-refractivity contribution in [3.05, 3.63) is 0 Å². The molecule has 0 saturated carbocycles. The van der Waals surface area contributed by atoms with E-state index in [0.29, 0.717) is 0 Å². The molecule has 3 heteroatoms. The van der Waals surface area contributed by atoms with E-state index < -0.39 is 0 Å². The van der Waals surface area contributed by atoms with Crippen LogP contribution in [0.25, 0.3) is 0 Å². The third kappa shape index (κ3) is 12.5. The Morgan fingerprint density at radius 2 is 1.15 bits per heavy atom. The summed E-state index contributed by atoms with van der Waals surface area (Å²) in [6.45, 7) is 2.58. The first-order valence-electron chi connectivity index (χ1n) is 5.42. The van der Waals surface area contributed by atoms with E-state index in [0.717, 1.165) is 0 Å². The van der Waals surface area contributed by atoms with Gasteiger partial charge in [-0.15, -0.1) is 0 Å². The maximum atomic E-state index is 2.29. The van der Waals surface area contributed by atoms with Gasteiger partial charge in [0.2, 0.25) is 0 Å². The molecule has 0 aliphatic carbocycles. The van der Waals surface area contributed by atoms with Crippen LogP contribution >= 0.6 is 0 Å². The fraction of sp³-hybridized carbons (Fsp3) is 1.00. The Hall–Kier alpha value is 0.463. The molecule has 0 atom stereocenters. The minimum atomic E-state index is -0.124. The molecule has 0 saturated heterocycles. The Labute approximate surface area is 90.1 Å². The summed E-state index contributed by atoms with van der Waals surface area (Å²) in [4.78, 5) is 4.59. The number of hydrogen-bond donors (Lipinski definition) is 0. The molecular weight excluding hydrogens is 221 g/mol. The summed E-state index contributed by atoms with van der Waals surface area (Å²) in [7, 11) is 8.66. The van der Waals surface area contributed by atoms with E-state index in [9.17, 15) is 0 Å². The minimum absolute atomic E-state index is 0.124. The van der Waals surface area contributed by atoms with Gasteiger partial charge in [0.15, 0.2) is 0 Å². The van der Waals surface area contributed by atoms with Gasteiger partial charge in [-0.1, -0.05) is 0 Å². The molecule has 0 amide bonds. The van der Waals surface area contributed by atoms with Crippen molar-refractivity contribution in [3.63, 3.8) is 0 Å². The van der Waals surface area contributed by atoms with Crippen LogP contribution in [0.2, 0.25) is 10.5 Å². The molecule has 0 spiro atoms. The summed E-state index contributed by atoms with van der Waals surface area (Å²) < 4.78 is 0. The molecule has 0 N–H and O–H groups in total. The number of nitrogens with zero attached hydrogens (tertiary/aromatic N) is 2. The van der Waals surface area contributed by atoms with E-state index in [1.807, 2.05) is 0 Å². The third-order valence-electron chi connectivity index (χ3n) is 2.21. The van der Waals surface area contributed by atoms with Gasteiger partial charge in [0.25, 0.3) is 0 Å². The topological polar surface area (TPSA) is 6.48 Å². The Balaban J connectivity index is 2.92. The van der Waals surface area contributed by atoms with Crippen LogP contribution in [-0.2, 0) is 0 Å². The summed E-state index contributed by atoms with van der Waals surface area (Å²) in [5, 5.41) is 3.16. The van der Waals surface area contributed by atoms with E-state index in [2.05, 4.69) is 38.0 Å². The van der Waals surface area contributed by atoms with E-state index in [1.54, 1.807) is 10.5 Å². The molecule has 0 rings (SSSR count). The maximum absolute atomic E-state index is 2.29. The van der Waals surface area contributed by atoms with Crippen molar-refractivity contribution in [2.24, 2.45) is 0 Å². The van der Waals surface area contributed by atoms with Crippen LogP contribution in [-0.4, -0.2) is 66.5 Å². The molecule has 0 fully saturated rings. The first-order chi connectivity index (χ1) is 6.13. The van der Waals surface area contributed by atoms with Gasteiger partial charge in [-0.05, 0) is 0 Å². The third-order valence-corrected chi connectivity index (χ3v) is 6.41. The van der Waals surface area contributed by atoms with Gasteiger partial charge in [-0.2, -0.15) is 0 Å². The van der Waals surface area contributed by atoms with Gasteiger partial charge >= 0.3 is 89.9 Å². The Morgan fingerprint density at radius 3 is 1.46 bits per heavy atom. The van der Waals surface area contributed by atoms with Gasteiger partial charge in [0.05, 0.1) is 0 Å². The molecule has 0 radical (unpaired) electrons. The Morgan fingerprint density at radius 1 is 0.769 bits per heavy atom. The average Bonchev–Trinajstić information content (AvgIpc) is 2.01. The summed E-state index contributed by atoms with van der Waals surface area (Å²) >= 11 is -0.124. The normalized spacial score (nSPS) is 11.5. The van der Waals surface area contributed by atoms with Gasteiger partial charge in [0.1, 0.15) is 0 Å². The molecular formula is C10H26GeN2. The van der Waals surface area contributed by atoms with Crippen LogP contribution in [0.15, 0.2) is 0 Å². The van der Waals surface area contributed by atoms with E-state index in [1.165, 1.54) is 25.9 Å². The monoisotopic (exact) mass is 248 g/mol. The van der Waals surface area contributed by atoms with Crippen LogP contribution < -0.4 is 0 Å². The van der Waals surface area contributed by atoms with Crippen molar-refractivity contribution in [2.75, 3.05) is 41.3 Å². The average molecular weight is 247 g/mol. The van der Waals surface area contributed by atoms with Gasteiger partial charge in [-0.3, -0.25) is 0 Å². The number of hydrogen-bond acceptors (Lipinski definition) is 2. The molecule has 0 aromatic heterocycles. The second-order valence-electron chi connectivity index (χ2n) is 4.37. The van der Waals surface area contributed by atoms with Crippen molar-refractivity contribution >= 4 is 15.4 Å². The summed E-state index contributed by atoms with van der Waals surface area (Å²) in [6.07, 6.45) is 2.88. The fourth-order valence-corrected chi connectivity index (χ4v) is 4.55. The molecule has 0 aromatic carbocycles. The molecule has 0 aromatic rings. The molecule has 80 valence electrons. The molecule has 0 aliphatic heterocycles. The standard InChI is InChI=1S/C10H26GeN2/c1-12(2)9-5-7-11-8-6-10-13(3)4/h5-11H2,1-4H3. The van der Waals surface area contributed by atoms with Crippen molar-refractivity contribution in [1.29, 1.82) is 0 Å². The summed E-state index contributed by atoms with van der Waals surface area (Å²) in [5.74, 6) is 0. The van der Waals surface area contributed by atoms with E-state index in [4.69, 9.17) is 0 Å². The van der Waals surface area contributed by atoms with E-state index in [-0.39, 0.29) is 15.4 Å². The van der Waals surface area contributed by atoms with Crippen LogP contribution in [0.5, 0.6) is 0 Å². The Bertz CT molecular complexity index is 93.1. The second-order valence-corrected chi connectivity index (χ2v) is 8.83. The quantitative estimate of drug-likeness (QED) is 0.464. The first kappa shape index (κ1) is 13.5. The zero-order valence-electron chi connectivity index (χ0n) is 9.84. The predicted molar refractivity (Wildman–Crippen MR) is 64.5 cm³/mol. The number of rotatable bonds is 8. The molecule has 0 heterocycles. The molecule has 0 unspecified atom stereocenters. The van der Waals surface area contributed by atoms with Crippen molar-refractivity contribution in [3.8, 4) is 0 Å². The van der Waals surface area contributed by atoms with Crippen molar-refractivity contribution in [1.82, 2.24) is 9.80 Å². The molecule has 0 bridgehead atoms. The van der Waals surface area contributed by atoms with Gasteiger partial charge < -0.3 is 0 Å². The zero-order chi connectivity index (χ0) is 10.1. The van der Waals surface area contributed by atoms with Gasteiger partial charge in [0, 0.05) is 0 Å². The molecule has 2 nitrogen and oxygen atoms in total. The molecule has 0 aliphatic rings. The zero-order valence-corrected chi connectivity index (χ0v) is 12.8. The summed E-state index contributed by atoms with van der Waals surface area (Å²) in [5.41, 5.74) is 0. The van der Waals surface area contributed by atoms with Crippen molar-refractivity contribution < 1.29 is 0 Å². The second kappa shape index (κ2) is 9.04. The van der Waals surface area contributed by atoms with Crippen LogP contribution in [0.3, 0.4) is 0 Å². The van der Waals surface area contributed by atoms with E-state index >= 15 is 0 Å². The fourth-order valence-electron chi connectivity index (χ4n) is 1.39. The summed E-state index contributed by atoms with van der Waals surface area (Å²) in [6, 6.07) is 0. The SMILES string of the molecule is CN(C)CC[CH2][GeH2][CH2]CCN(C)C. The van der Waals surface area contributed by atoms with Gasteiger partial charge in [-0.25, -0.2) is 0 Å². The Kier molecular flexibility index (Phi) is 9.36. The predicted octanol–water partition coefficient (Wildman–Crippen LogP) is 0.895. The van der Waals surface area contributed by atoms with Crippen LogP contribution in [0, 0.1) is 0 Å². The first-order valence-corrected chi connectivity index (χ1v) is 9.62. The van der Waals surface area contributed by atoms with Crippen molar-refractivity contribution in [2.45, 2.75) is 23.3 Å². The van der Waals surface area contributed by atoms with Crippen LogP contribution in [0.1, 0.15) is 12.8 Å².